The fourth-order valence-corrected chi connectivity index (χ4v) is 2.44. The van der Waals surface area contributed by atoms with Crippen LogP contribution in [0.15, 0.2) is 24.3 Å². The van der Waals surface area contributed by atoms with Crippen LogP contribution in [0.25, 0.3) is 0 Å². The molecule has 0 unspecified atom stereocenters. The summed E-state index contributed by atoms with van der Waals surface area (Å²) in [4.78, 5) is 38.9. The molecule has 0 saturated carbocycles. The fourth-order valence-electron chi connectivity index (χ4n) is 2.44. The molecule has 8 nitrogen and oxygen atoms in total. The van der Waals surface area contributed by atoms with E-state index in [0.717, 1.165) is 0 Å². The lowest BCUT2D eigenvalue weighted by Gasteiger charge is -2.33. The Bertz CT molecular complexity index is 609. The minimum absolute atomic E-state index is 0.300. The molecule has 1 N–H and O–H groups in total. The Labute approximate surface area is 146 Å². The van der Waals surface area contributed by atoms with E-state index in [1.165, 1.54) is 9.80 Å². The molecule has 0 radical (unpaired) electrons. The van der Waals surface area contributed by atoms with Gasteiger partial charge in [-0.3, -0.25) is 9.59 Å². The third-order valence-corrected chi connectivity index (χ3v) is 3.71. The van der Waals surface area contributed by atoms with Gasteiger partial charge in [-0.15, -0.1) is 0 Å². The second-order valence-electron chi connectivity index (χ2n) is 5.39. The average Bonchev–Trinajstić information content (AvgIpc) is 2.63. The van der Waals surface area contributed by atoms with Crippen molar-refractivity contribution >= 4 is 23.6 Å². The van der Waals surface area contributed by atoms with Gasteiger partial charge in [0.05, 0.1) is 13.2 Å². The van der Waals surface area contributed by atoms with Gasteiger partial charge in [0, 0.05) is 31.9 Å². The van der Waals surface area contributed by atoms with E-state index >= 15 is 0 Å². The molecule has 0 aromatic heterocycles. The van der Waals surface area contributed by atoms with Gasteiger partial charge in [0.15, 0.2) is 0 Å². The van der Waals surface area contributed by atoms with Crippen molar-refractivity contribution in [1.29, 1.82) is 0 Å². The maximum atomic E-state index is 12.2. The third kappa shape index (κ3) is 5.10. The van der Waals surface area contributed by atoms with Crippen molar-refractivity contribution in [1.82, 2.24) is 9.80 Å². The molecule has 1 aromatic rings. The Balaban J connectivity index is 1.84. The summed E-state index contributed by atoms with van der Waals surface area (Å²) in [5.41, 5.74) is 0.520. The summed E-state index contributed by atoms with van der Waals surface area (Å²) in [5.74, 6) is -0.618. The predicted octanol–water partition coefficient (Wildman–Crippen LogP) is 1.32. The largest absolute Gasteiger partial charge is 0.494 e. The second-order valence-corrected chi connectivity index (χ2v) is 5.39. The van der Waals surface area contributed by atoms with Crippen molar-refractivity contribution in [2.75, 3.05) is 44.7 Å². The number of rotatable bonds is 4. The highest BCUT2D eigenvalue weighted by Crippen LogP contribution is 2.16. The zero-order valence-electron chi connectivity index (χ0n) is 14.5. The summed E-state index contributed by atoms with van der Waals surface area (Å²) >= 11 is 0. The third-order valence-electron chi connectivity index (χ3n) is 3.71. The molecule has 1 heterocycles. The van der Waals surface area contributed by atoms with Crippen LogP contribution in [0.1, 0.15) is 13.8 Å². The van der Waals surface area contributed by atoms with Crippen LogP contribution in [0.2, 0.25) is 0 Å². The number of hydrogen-bond acceptors (Lipinski definition) is 5. The van der Waals surface area contributed by atoms with E-state index in [2.05, 4.69) is 5.32 Å². The number of carbonyl (C=O) groups is 3. The standard InChI is InChI=1S/C17H23N3O5/c1-3-24-14-7-5-13(6-8-14)18-15(21)16(22)19-9-11-20(12-10-19)17(23)25-4-2/h5-8H,3-4,9-12H2,1-2H3,(H,18,21). The van der Waals surface area contributed by atoms with Crippen LogP contribution in [0.3, 0.4) is 0 Å². The quantitative estimate of drug-likeness (QED) is 0.829. The smallest absolute Gasteiger partial charge is 0.409 e. The van der Waals surface area contributed by atoms with Crippen LogP contribution < -0.4 is 10.1 Å². The number of benzene rings is 1. The number of piperazine rings is 1. The van der Waals surface area contributed by atoms with E-state index in [-0.39, 0.29) is 0 Å². The van der Waals surface area contributed by atoms with Crippen LogP contribution in [0, 0.1) is 0 Å². The van der Waals surface area contributed by atoms with Crippen molar-refractivity contribution in [2.45, 2.75) is 13.8 Å². The molecule has 1 aromatic carbocycles. The summed E-state index contributed by atoms with van der Waals surface area (Å²) < 4.78 is 10.2. The van der Waals surface area contributed by atoms with Gasteiger partial charge >= 0.3 is 17.9 Å². The van der Waals surface area contributed by atoms with E-state index in [1.807, 2.05) is 6.92 Å². The molecule has 0 aliphatic carbocycles. The zero-order valence-corrected chi connectivity index (χ0v) is 14.5. The van der Waals surface area contributed by atoms with Crippen LogP contribution in [-0.2, 0) is 14.3 Å². The van der Waals surface area contributed by atoms with Gasteiger partial charge < -0.3 is 24.6 Å². The first-order valence-electron chi connectivity index (χ1n) is 8.30. The monoisotopic (exact) mass is 349 g/mol. The Morgan fingerprint density at radius 2 is 1.56 bits per heavy atom. The van der Waals surface area contributed by atoms with E-state index in [1.54, 1.807) is 31.2 Å². The summed E-state index contributed by atoms with van der Waals surface area (Å²) in [6.07, 6.45) is -0.395. The first-order valence-corrected chi connectivity index (χ1v) is 8.30. The van der Waals surface area contributed by atoms with Crippen LogP contribution in [0.4, 0.5) is 10.5 Å². The number of carbonyl (C=O) groups excluding carboxylic acids is 3. The first-order chi connectivity index (χ1) is 12.0. The molecule has 1 saturated heterocycles. The molecule has 1 fully saturated rings. The highest BCUT2D eigenvalue weighted by Gasteiger charge is 2.28. The van der Waals surface area contributed by atoms with E-state index in [9.17, 15) is 14.4 Å². The van der Waals surface area contributed by atoms with Gasteiger partial charge in [0.25, 0.3) is 0 Å². The molecule has 0 spiro atoms. The number of amides is 3. The number of hydrogen-bond donors (Lipinski definition) is 1. The van der Waals surface area contributed by atoms with E-state index < -0.39 is 17.9 Å². The molecule has 25 heavy (non-hydrogen) atoms. The number of nitrogens with one attached hydrogen (secondary N) is 1. The normalized spacial score (nSPS) is 14.0. The van der Waals surface area contributed by atoms with Gasteiger partial charge in [-0.2, -0.15) is 0 Å². The number of nitrogens with zero attached hydrogens (tertiary/aromatic N) is 2. The van der Waals surface area contributed by atoms with Crippen LogP contribution in [-0.4, -0.2) is 67.1 Å². The number of anilines is 1. The molecular weight excluding hydrogens is 326 g/mol. The fraction of sp³-hybridized carbons (Fsp3) is 0.471. The molecule has 1 aliphatic heterocycles. The van der Waals surface area contributed by atoms with E-state index in [4.69, 9.17) is 9.47 Å². The van der Waals surface area contributed by atoms with Gasteiger partial charge in [0.2, 0.25) is 0 Å². The maximum absolute atomic E-state index is 12.2. The molecular formula is C17H23N3O5. The van der Waals surface area contributed by atoms with Crippen molar-refractivity contribution in [3.05, 3.63) is 24.3 Å². The maximum Gasteiger partial charge on any atom is 0.409 e. The van der Waals surface area contributed by atoms with Crippen molar-refractivity contribution in [3.63, 3.8) is 0 Å². The highest BCUT2D eigenvalue weighted by molar-refractivity contribution is 6.39. The second kappa shape index (κ2) is 8.91. The predicted molar refractivity (Wildman–Crippen MR) is 91.4 cm³/mol. The SMILES string of the molecule is CCOC(=O)N1CCN(C(=O)C(=O)Nc2ccc(OCC)cc2)CC1. The van der Waals surface area contributed by atoms with Crippen molar-refractivity contribution in [3.8, 4) is 5.75 Å². The van der Waals surface area contributed by atoms with Crippen molar-refractivity contribution < 1.29 is 23.9 Å². The zero-order chi connectivity index (χ0) is 18.2. The molecule has 136 valence electrons. The summed E-state index contributed by atoms with van der Waals surface area (Å²) in [6, 6.07) is 6.80. The lowest BCUT2D eigenvalue weighted by Crippen LogP contribution is -2.53. The van der Waals surface area contributed by atoms with Gasteiger partial charge in [-0.05, 0) is 38.1 Å². The summed E-state index contributed by atoms with van der Waals surface area (Å²) in [6.45, 7) is 5.79. The Morgan fingerprint density at radius 1 is 0.960 bits per heavy atom. The lowest BCUT2D eigenvalue weighted by molar-refractivity contribution is -0.144. The van der Waals surface area contributed by atoms with E-state index in [0.29, 0.717) is 50.8 Å². The Kier molecular flexibility index (Phi) is 6.62. The van der Waals surface area contributed by atoms with Gasteiger partial charge in [0.1, 0.15) is 5.75 Å². The average molecular weight is 349 g/mol. The Morgan fingerprint density at radius 3 is 2.12 bits per heavy atom. The minimum atomic E-state index is -0.700. The molecule has 0 bridgehead atoms. The number of ether oxygens (including phenoxy) is 2. The molecule has 1 aliphatic rings. The van der Waals surface area contributed by atoms with Crippen molar-refractivity contribution in [2.24, 2.45) is 0 Å². The Hall–Kier alpha value is -2.77. The van der Waals surface area contributed by atoms with Gasteiger partial charge in [-0.1, -0.05) is 0 Å². The van der Waals surface area contributed by atoms with Crippen LogP contribution in [0.5, 0.6) is 5.75 Å². The topological polar surface area (TPSA) is 88.2 Å². The highest BCUT2D eigenvalue weighted by atomic mass is 16.6. The molecule has 2 rings (SSSR count). The van der Waals surface area contributed by atoms with Crippen LogP contribution >= 0.6 is 0 Å². The molecule has 8 heteroatoms. The lowest BCUT2D eigenvalue weighted by atomic mass is 10.3. The molecule has 0 atom stereocenters. The van der Waals surface area contributed by atoms with Gasteiger partial charge in [-0.25, -0.2) is 4.79 Å². The molecule has 3 amide bonds. The minimum Gasteiger partial charge on any atom is -0.494 e. The first kappa shape index (κ1) is 18.6. The summed E-state index contributed by atoms with van der Waals surface area (Å²) in [5, 5.41) is 2.57. The summed E-state index contributed by atoms with van der Waals surface area (Å²) in [7, 11) is 0.